The summed E-state index contributed by atoms with van der Waals surface area (Å²) >= 11 is 0. The Morgan fingerprint density at radius 2 is 2.12 bits per heavy atom. The Kier molecular flexibility index (Phi) is 4.80. The van der Waals surface area contributed by atoms with E-state index in [0.29, 0.717) is 0 Å². The summed E-state index contributed by atoms with van der Waals surface area (Å²) in [6.07, 6.45) is 1.55. The van der Waals surface area contributed by atoms with Crippen LogP contribution in [0.1, 0.15) is 0 Å². The van der Waals surface area contributed by atoms with Gasteiger partial charge in [0.05, 0.1) is 7.11 Å². The van der Waals surface area contributed by atoms with Crippen LogP contribution in [0.2, 0.25) is 0 Å². The molecule has 0 bridgehead atoms. The van der Waals surface area contributed by atoms with Crippen LogP contribution in [0.25, 0.3) is 0 Å². The summed E-state index contributed by atoms with van der Waals surface area (Å²) in [5.41, 5.74) is 0.733. The molecule has 0 aromatic heterocycles. The maximum atomic E-state index is 10.9. The molecule has 0 amide bonds. The van der Waals surface area contributed by atoms with E-state index in [4.69, 9.17) is 9.84 Å². The number of carboxylic acid groups (broad SMARTS) is 1. The normalized spacial score (nSPS) is 12.4. The van der Waals surface area contributed by atoms with E-state index in [1.807, 2.05) is 0 Å². The van der Waals surface area contributed by atoms with Crippen LogP contribution < -0.4 is 10.1 Å². The minimum absolute atomic E-state index is 0.731. The van der Waals surface area contributed by atoms with Gasteiger partial charge >= 0.3 is 5.97 Å². The first-order valence-electron chi connectivity index (χ1n) is 4.69. The van der Waals surface area contributed by atoms with Crippen molar-refractivity contribution in [1.29, 1.82) is 0 Å². The van der Waals surface area contributed by atoms with Crippen molar-refractivity contribution in [3.63, 3.8) is 0 Å². The highest BCUT2D eigenvalue weighted by Gasteiger charge is 2.12. The van der Waals surface area contributed by atoms with Gasteiger partial charge in [-0.25, -0.2) is 4.79 Å². The Morgan fingerprint density at radius 1 is 1.50 bits per heavy atom. The average Bonchev–Trinajstić information content (AvgIpc) is 2.29. The molecular formula is C11H14NO3P. The molecule has 2 unspecified atom stereocenters. The van der Waals surface area contributed by atoms with Crippen molar-refractivity contribution in [2.75, 3.05) is 12.4 Å². The smallest absolute Gasteiger partial charge is 0.330 e. The first-order chi connectivity index (χ1) is 7.67. The van der Waals surface area contributed by atoms with E-state index in [9.17, 15) is 4.79 Å². The molecule has 0 aliphatic carbocycles. The molecule has 0 heterocycles. The maximum Gasteiger partial charge on any atom is 0.330 e. The third-order valence-corrected chi connectivity index (χ3v) is 2.20. The van der Waals surface area contributed by atoms with E-state index in [1.165, 1.54) is 0 Å². The molecule has 0 radical (unpaired) electrons. The number of ether oxygens (including phenoxy) is 1. The lowest BCUT2D eigenvalue weighted by Gasteiger charge is -2.12. The van der Waals surface area contributed by atoms with Crippen LogP contribution >= 0.6 is 9.24 Å². The molecule has 2 N–H and O–H groups in total. The molecule has 5 heteroatoms. The van der Waals surface area contributed by atoms with Crippen LogP contribution in [0.15, 0.2) is 36.2 Å². The molecule has 86 valence electrons. The van der Waals surface area contributed by atoms with E-state index < -0.39 is 12.0 Å². The Hall–Kier alpha value is -1.54. The van der Waals surface area contributed by atoms with Crippen molar-refractivity contribution in [2.45, 2.75) is 6.04 Å². The van der Waals surface area contributed by atoms with Crippen LogP contribution in [-0.4, -0.2) is 24.2 Å². The molecule has 0 saturated carbocycles. The van der Waals surface area contributed by atoms with E-state index in [2.05, 4.69) is 14.6 Å². The standard InChI is InChI=1S/C11H14NO3P/c1-15-9-4-2-8(3-5-9)12-10(6-7-16)11(13)14/h2-7,10,12H,16H2,1H3,(H,13,14)/b7-6+. The maximum absolute atomic E-state index is 10.9. The number of carboxylic acids is 1. The fraction of sp³-hybridized carbons (Fsp3) is 0.182. The van der Waals surface area contributed by atoms with Gasteiger partial charge in [-0.3, -0.25) is 0 Å². The zero-order chi connectivity index (χ0) is 12.0. The Balaban J connectivity index is 2.73. The number of benzene rings is 1. The number of methoxy groups -OCH3 is 1. The van der Waals surface area contributed by atoms with Gasteiger partial charge in [-0.2, -0.15) is 0 Å². The lowest BCUT2D eigenvalue weighted by molar-refractivity contribution is -0.136. The third-order valence-electron chi connectivity index (χ3n) is 1.98. The zero-order valence-corrected chi connectivity index (χ0v) is 10.0. The summed E-state index contributed by atoms with van der Waals surface area (Å²) in [4.78, 5) is 10.9. The largest absolute Gasteiger partial charge is 0.497 e. The van der Waals surface area contributed by atoms with Crippen LogP contribution in [0, 0.1) is 0 Å². The van der Waals surface area contributed by atoms with Gasteiger partial charge in [0.2, 0.25) is 0 Å². The van der Waals surface area contributed by atoms with Gasteiger partial charge in [-0.15, -0.1) is 9.24 Å². The fourth-order valence-electron chi connectivity index (χ4n) is 1.17. The van der Waals surface area contributed by atoms with Crippen molar-refractivity contribution >= 4 is 20.9 Å². The van der Waals surface area contributed by atoms with Gasteiger partial charge in [-0.05, 0) is 24.3 Å². The Morgan fingerprint density at radius 3 is 2.56 bits per heavy atom. The van der Waals surface area contributed by atoms with E-state index in [-0.39, 0.29) is 0 Å². The van der Waals surface area contributed by atoms with Gasteiger partial charge in [0, 0.05) is 5.69 Å². The first-order valence-corrected chi connectivity index (χ1v) is 5.36. The number of anilines is 1. The lowest BCUT2D eigenvalue weighted by atomic mass is 10.2. The number of rotatable bonds is 5. The Labute approximate surface area is 96.5 Å². The average molecular weight is 239 g/mol. The number of aliphatic carboxylic acids is 1. The summed E-state index contributed by atoms with van der Waals surface area (Å²) < 4.78 is 5.01. The molecule has 0 aliphatic rings. The molecule has 0 spiro atoms. The number of hydrogen-bond acceptors (Lipinski definition) is 3. The summed E-state index contributed by atoms with van der Waals surface area (Å²) in [5.74, 6) is 1.43. The Bertz CT molecular complexity index is 375. The number of hydrogen-bond donors (Lipinski definition) is 2. The van der Waals surface area contributed by atoms with Crippen molar-refractivity contribution in [2.24, 2.45) is 0 Å². The highest BCUT2D eigenvalue weighted by Crippen LogP contribution is 2.16. The van der Waals surface area contributed by atoms with Gasteiger partial charge in [0.25, 0.3) is 0 Å². The monoisotopic (exact) mass is 239 g/mol. The second-order valence-electron chi connectivity index (χ2n) is 3.07. The molecule has 0 fully saturated rings. The van der Waals surface area contributed by atoms with Gasteiger partial charge in [-0.1, -0.05) is 11.9 Å². The van der Waals surface area contributed by atoms with Crippen molar-refractivity contribution in [3.05, 3.63) is 36.2 Å². The quantitative estimate of drug-likeness (QED) is 0.771. The molecule has 1 aromatic carbocycles. The minimum atomic E-state index is -0.922. The molecule has 16 heavy (non-hydrogen) atoms. The van der Waals surface area contributed by atoms with Gasteiger partial charge in [0.1, 0.15) is 11.8 Å². The summed E-state index contributed by atoms with van der Waals surface area (Å²) in [6.45, 7) is 0. The van der Waals surface area contributed by atoms with Crippen LogP contribution in [-0.2, 0) is 4.79 Å². The highest BCUT2D eigenvalue weighted by molar-refractivity contribution is 7.20. The van der Waals surface area contributed by atoms with Crippen LogP contribution in [0.4, 0.5) is 5.69 Å². The molecule has 0 aliphatic heterocycles. The molecule has 4 nitrogen and oxygen atoms in total. The summed E-state index contributed by atoms with van der Waals surface area (Å²) in [5, 5.41) is 11.8. The molecule has 0 saturated heterocycles. The van der Waals surface area contributed by atoms with E-state index in [0.717, 1.165) is 11.4 Å². The molecule has 1 aromatic rings. The fourth-order valence-corrected chi connectivity index (χ4v) is 1.39. The number of carbonyl (C=O) groups is 1. The van der Waals surface area contributed by atoms with Crippen LogP contribution in [0.3, 0.4) is 0 Å². The molecular weight excluding hydrogens is 225 g/mol. The van der Waals surface area contributed by atoms with Crippen molar-refractivity contribution < 1.29 is 14.6 Å². The van der Waals surface area contributed by atoms with Gasteiger partial charge in [0.15, 0.2) is 0 Å². The second kappa shape index (κ2) is 6.13. The van der Waals surface area contributed by atoms with Gasteiger partial charge < -0.3 is 15.2 Å². The van der Waals surface area contributed by atoms with Crippen LogP contribution in [0.5, 0.6) is 5.75 Å². The lowest BCUT2D eigenvalue weighted by Crippen LogP contribution is -2.26. The molecule has 1 rings (SSSR count). The topological polar surface area (TPSA) is 58.6 Å². The summed E-state index contributed by atoms with van der Waals surface area (Å²) in [6, 6.07) is 6.35. The third kappa shape index (κ3) is 3.55. The predicted octanol–water partition coefficient (Wildman–Crippen LogP) is 1.95. The van der Waals surface area contributed by atoms with Crippen molar-refractivity contribution in [3.8, 4) is 5.75 Å². The SMILES string of the molecule is COc1ccc(NC(/C=C/P)C(=O)O)cc1. The number of nitrogens with one attached hydrogen (secondary N) is 1. The zero-order valence-electron chi connectivity index (χ0n) is 8.88. The molecule has 2 atom stereocenters. The van der Waals surface area contributed by atoms with E-state index in [1.54, 1.807) is 43.3 Å². The van der Waals surface area contributed by atoms with E-state index >= 15 is 0 Å². The predicted molar refractivity (Wildman–Crippen MR) is 66.9 cm³/mol. The summed E-state index contributed by atoms with van der Waals surface area (Å²) in [7, 11) is 3.93. The minimum Gasteiger partial charge on any atom is -0.497 e. The van der Waals surface area contributed by atoms with Crippen molar-refractivity contribution in [1.82, 2.24) is 0 Å². The second-order valence-corrected chi connectivity index (χ2v) is 3.46. The first kappa shape index (κ1) is 12.5. The highest BCUT2D eigenvalue weighted by atomic mass is 31.0.